The molecule has 1 saturated heterocycles. The molecule has 2 aromatic rings. The number of benzene rings is 1. The summed E-state index contributed by atoms with van der Waals surface area (Å²) in [6.07, 6.45) is 4.29. The molecule has 0 amide bonds. The fourth-order valence-corrected chi connectivity index (χ4v) is 5.04. The predicted molar refractivity (Wildman–Crippen MR) is 139 cm³/mol. The molecule has 0 bridgehead atoms. The van der Waals surface area contributed by atoms with Crippen molar-refractivity contribution in [2.24, 2.45) is 0 Å². The van der Waals surface area contributed by atoms with Gasteiger partial charge in [-0.3, -0.25) is 0 Å². The molecule has 0 N–H and O–H groups in total. The Morgan fingerprint density at radius 3 is 1.74 bits per heavy atom. The van der Waals surface area contributed by atoms with Crippen molar-refractivity contribution in [2.45, 2.75) is 82.1 Å². The van der Waals surface area contributed by atoms with Gasteiger partial charge in [-0.2, -0.15) is 5.10 Å². The van der Waals surface area contributed by atoms with Crippen molar-refractivity contribution < 1.29 is 26.9 Å². The Kier molecular flexibility index (Phi) is 7.47. The quantitative estimate of drug-likeness (QED) is 0.274. The Balaban J connectivity index is 2.12. The van der Waals surface area contributed by atoms with E-state index in [0.29, 0.717) is 35.1 Å². The maximum Gasteiger partial charge on any atom is 0.498 e. The van der Waals surface area contributed by atoms with Crippen LogP contribution in [0.4, 0.5) is 17.6 Å². The summed E-state index contributed by atoms with van der Waals surface area (Å²) in [5.74, 6) is 0. The zero-order valence-corrected chi connectivity index (χ0v) is 23.7. The topological polar surface area (TPSA) is 36.3 Å². The van der Waals surface area contributed by atoms with Gasteiger partial charge in [0.05, 0.1) is 16.9 Å². The first-order valence-corrected chi connectivity index (χ1v) is 12.8. The average Bonchev–Trinajstić information content (AvgIpc) is 3.26. The molecule has 1 aliphatic heterocycles. The highest BCUT2D eigenvalue weighted by Crippen LogP contribution is 2.60. The predicted octanol–water partition coefficient (Wildman–Crippen LogP) is 5.30. The Morgan fingerprint density at radius 2 is 1.35 bits per heavy atom. The molecule has 1 aliphatic rings. The van der Waals surface area contributed by atoms with Crippen LogP contribution in [0.25, 0.3) is 5.69 Å². The van der Waals surface area contributed by atoms with Gasteiger partial charge in [-0.1, -0.05) is 44.5 Å². The highest BCUT2D eigenvalue weighted by Gasteiger charge is 2.62. The van der Waals surface area contributed by atoms with E-state index in [1.54, 1.807) is 26.3 Å². The van der Waals surface area contributed by atoms with Crippen LogP contribution >= 0.6 is 27.7 Å². The van der Waals surface area contributed by atoms with E-state index in [1.807, 2.05) is 41.5 Å². The third-order valence-electron chi connectivity index (χ3n) is 6.89. The fraction of sp³-hybridized carbons (Fsp3) is 0.591. The molecular formula is C22H32BF4N2O2P3. The lowest BCUT2D eigenvalue weighted by Gasteiger charge is -2.40. The summed E-state index contributed by atoms with van der Waals surface area (Å²) in [5.41, 5.74) is -6.09. The first-order valence-electron chi connectivity index (χ1n) is 11.1. The maximum absolute atomic E-state index is 14.6. The fourth-order valence-electron chi connectivity index (χ4n) is 3.99. The molecule has 3 atom stereocenters. The lowest BCUT2D eigenvalue weighted by molar-refractivity contribution is -0.0527. The standard InChI is InChI=1S/C22H32BF4N2O2P3/c1-7-13-9-15(20(32,21(24,25)33)22(26,27)34)10-14(8-2)17(13)29-12-16(11-28-29)23-30-18(3,4)19(5,6)31-23/h9-12H,7-8,32-34H2,1-6H3. The zero-order valence-electron chi connectivity index (χ0n) is 20.3. The van der Waals surface area contributed by atoms with Crippen molar-refractivity contribution in [2.75, 3.05) is 0 Å². The molecule has 1 aromatic heterocycles. The van der Waals surface area contributed by atoms with Crippen LogP contribution in [0.3, 0.4) is 0 Å². The van der Waals surface area contributed by atoms with E-state index in [0.717, 1.165) is 0 Å². The summed E-state index contributed by atoms with van der Waals surface area (Å²) in [7, 11) is 3.62. The molecule has 34 heavy (non-hydrogen) atoms. The molecular weight excluding hydrogens is 504 g/mol. The third kappa shape index (κ3) is 4.61. The summed E-state index contributed by atoms with van der Waals surface area (Å²) in [6, 6.07) is 2.85. The van der Waals surface area contributed by atoms with Gasteiger partial charge in [-0.15, -0.1) is 9.24 Å². The molecule has 1 fully saturated rings. The first kappa shape index (κ1) is 28.0. The van der Waals surface area contributed by atoms with Gasteiger partial charge in [0.25, 0.3) is 11.3 Å². The number of aryl methyl sites for hydroxylation is 2. The van der Waals surface area contributed by atoms with E-state index in [4.69, 9.17) is 9.31 Å². The van der Waals surface area contributed by atoms with Crippen molar-refractivity contribution in [3.8, 4) is 5.69 Å². The van der Waals surface area contributed by atoms with Crippen LogP contribution in [0.1, 0.15) is 58.2 Å². The minimum atomic E-state index is -3.78. The Hall–Kier alpha value is -0.575. The molecule has 0 aliphatic carbocycles. The number of nitrogens with zero attached hydrogens (tertiary/aromatic N) is 2. The number of halogens is 4. The van der Waals surface area contributed by atoms with Crippen LogP contribution in [0, 0.1) is 0 Å². The minimum absolute atomic E-state index is 0.159. The summed E-state index contributed by atoms with van der Waals surface area (Å²) < 4.78 is 72.1. The van der Waals surface area contributed by atoms with Gasteiger partial charge in [-0.25, -0.2) is 22.2 Å². The van der Waals surface area contributed by atoms with E-state index in [-0.39, 0.29) is 5.56 Å². The summed E-state index contributed by atoms with van der Waals surface area (Å²) in [6.45, 7) is 11.5. The Labute approximate surface area is 206 Å². The highest BCUT2D eigenvalue weighted by molar-refractivity contribution is 7.27. The van der Waals surface area contributed by atoms with Gasteiger partial charge >= 0.3 is 7.12 Å². The van der Waals surface area contributed by atoms with Crippen molar-refractivity contribution in [1.82, 2.24) is 9.78 Å². The maximum atomic E-state index is 14.6. The molecule has 1 aromatic carbocycles. The molecule has 3 rings (SSSR count). The van der Waals surface area contributed by atoms with Crippen molar-refractivity contribution in [1.29, 1.82) is 0 Å². The number of aromatic nitrogens is 2. The summed E-state index contributed by atoms with van der Waals surface area (Å²) in [5, 5.41) is 1.66. The number of rotatable bonds is 7. The minimum Gasteiger partial charge on any atom is -0.399 e. The van der Waals surface area contributed by atoms with Crippen molar-refractivity contribution in [3.05, 3.63) is 41.2 Å². The zero-order chi connectivity index (χ0) is 25.9. The van der Waals surface area contributed by atoms with Crippen LogP contribution in [0.5, 0.6) is 0 Å². The normalized spacial score (nSPS) is 18.6. The third-order valence-corrected chi connectivity index (χ3v) is 9.57. The first-order chi connectivity index (χ1) is 15.4. The van der Waals surface area contributed by atoms with Gasteiger partial charge in [0.15, 0.2) is 0 Å². The molecule has 0 saturated carbocycles. The smallest absolute Gasteiger partial charge is 0.399 e. The molecule has 2 heterocycles. The van der Waals surface area contributed by atoms with E-state index < -0.39 is 34.8 Å². The molecule has 188 valence electrons. The van der Waals surface area contributed by atoms with Crippen LogP contribution in [-0.2, 0) is 27.3 Å². The SMILES string of the molecule is CCc1cc(C(P)(C(F)(F)P)C(F)(F)P)cc(CC)c1-n1cc(B2OC(C)(C)C(C)(C)O2)cn1. The molecule has 12 heteroatoms. The monoisotopic (exact) mass is 536 g/mol. The number of hydrogen-bond donors (Lipinski definition) is 0. The second-order valence-corrected chi connectivity index (χ2v) is 12.0. The Morgan fingerprint density at radius 1 is 0.912 bits per heavy atom. The number of alkyl halides is 4. The van der Waals surface area contributed by atoms with Gasteiger partial charge in [0.2, 0.25) is 0 Å². The van der Waals surface area contributed by atoms with Crippen LogP contribution in [-0.4, -0.2) is 39.4 Å². The van der Waals surface area contributed by atoms with Crippen molar-refractivity contribution >= 4 is 40.3 Å². The lowest BCUT2D eigenvalue weighted by Crippen LogP contribution is -2.47. The van der Waals surface area contributed by atoms with Crippen LogP contribution in [0.15, 0.2) is 24.5 Å². The van der Waals surface area contributed by atoms with Gasteiger partial charge in [0, 0.05) is 17.9 Å². The van der Waals surface area contributed by atoms with E-state index in [2.05, 4.69) is 5.10 Å². The summed E-state index contributed by atoms with van der Waals surface area (Å²) >= 11 is 0. The van der Waals surface area contributed by atoms with E-state index >= 15 is 0 Å². The second kappa shape index (κ2) is 9.07. The van der Waals surface area contributed by atoms with Gasteiger partial charge in [-0.05, 0) is 57.2 Å². The molecule has 0 radical (unpaired) electrons. The van der Waals surface area contributed by atoms with E-state index in [9.17, 15) is 17.6 Å². The second-order valence-electron chi connectivity index (χ2n) is 9.71. The van der Waals surface area contributed by atoms with Gasteiger partial charge < -0.3 is 9.31 Å². The molecule has 3 unspecified atom stereocenters. The lowest BCUT2D eigenvalue weighted by atomic mass is 9.82. The summed E-state index contributed by atoms with van der Waals surface area (Å²) in [4.78, 5) is 0. The van der Waals surface area contributed by atoms with Gasteiger partial charge in [0.1, 0.15) is 5.16 Å². The van der Waals surface area contributed by atoms with Crippen LogP contribution < -0.4 is 5.46 Å². The highest BCUT2D eigenvalue weighted by atomic mass is 31.0. The van der Waals surface area contributed by atoms with Crippen molar-refractivity contribution in [3.63, 3.8) is 0 Å². The largest absolute Gasteiger partial charge is 0.498 e. The van der Waals surface area contributed by atoms with E-state index in [1.165, 1.54) is 30.6 Å². The van der Waals surface area contributed by atoms with Crippen LogP contribution in [0.2, 0.25) is 0 Å². The Bertz CT molecular complexity index is 1010. The molecule has 0 spiro atoms. The molecule has 4 nitrogen and oxygen atoms in total. The average molecular weight is 536 g/mol. The number of hydrogen-bond acceptors (Lipinski definition) is 3.